The molecule has 0 fully saturated rings. The van der Waals surface area contributed by atoms with Crippen molar-refractivity contribution >= 4 is 33.5 Å². The molecule has 1 aromatic carbocycles. The molecule has 0 spiro atoms. The number of hydrazine groups is 1. The van der Waals surface area contributed by atoms with Gasteiger partial charge in [-0.1, -0.05) is 23.9 Å². The molecule has 0 amide bonds. The van der Waals surface area contributed by atoms with Gasteiger partial charge in [0.15, 0.2) is 5.82 Å². The van der Waals surface area contributed by atoms with E-state index >= 15 is 0 Å². The van der Waals surface area contributed by atoms with Crippen LogP contribution in [0.25, 0.3) is 0 Å². The molecule has 1 aromatic heterocycles. The van der Waals surface area contributed by atoms with Crippen molar-refractivity contribution in [2.24, 2.45) is 5.84 Å². The van der Waals surface area contributed by atoms with Crippen molar-refractivity contribution < 1.29 is 4.74 Å². The van der Waals surface area contributed by atoms with Crippen LogP contribution in [0.4, 0.5) is 5.82 Å². The summed E-state index contributed by atoms with van der Waals surface area (Å²) in [5, 5.41) is 0.814. The Hall–Kier alpha value is -1.15. The van der Waals surface area contributed by atoms with Gasteiger partial charge in [0.1, 0.15) is 17.5 Å². The van der Waals surface area contributed by atoms with Crippen LogP contribution in [0.15, 0.2) is 44.7 Å². The molecule has 1 heterocycles. The molecular formula is C13H15BrN4OS. The Morgan fingerprint density at radius 2 is 2.15 bits per heavy atom. The lowest BCUT2D eigenvalue weighted by atomic mass is 10.4. The predicted octanol–water partition coefficient (Wildman–Crippen LogP) is 3.21. The number of nitrogens with zero attached hydrogens (tertiary/aromatic N) is 2. The molecule has 20 heavy (non-hydrogen) atoms. The van der Waals surface area contributed by atoms with Gasteiger partial charge in [-0.25, -0.2) is 15.8 Å². The van der Waals surface area contributed by atoms with Gasteiger partial charge in [0.2, 0.25) is 0 Å². The topological polar surface area (TPSA) is 73.1 Å². The number of nitrogens with one attached hydrogen (secondary N) is 1. The maximum absolute atomic E-state index is 5.44. The highest BCUT2D eigenvalue weighted by Crippen LogP contribution is 2.32. The highest BCUT2D eigenvalue weighted by Gasteiger charge is 2.07. The minimum atomic E-state index is 0.371. The molecule has 106 valence electrons. The van der Waals surface area contributed by atoms with E-state index in [0.717, 1.165) is 14.4 Å². The zero-order valence-electron chi connectivity index (χ0n) is 11.0. The summed E-state index contributed by atoms with van der Waals surface area (Å²) in [4.78, 5) is 9.80. The minimum absolute atomic E-state index is 0.371. The van der Waals surface area contributed by atoms with Crippen LogP contribution in [-0.2, 0) is 11.3 Å². The maximum Gasteiger partial charge on any atom is 0.157 e. The van der Waals surface area contributed by atoms with E-state index in [4.69, 9.17) is 10.6 Å². The molecule has 0 atom stereocenters. The van der Waals surface area contributed by atoms with Crippen molar-refractivity contribution in [1.82, 2.24) is 9.97 Å². The normalized spacial score (nSPS) is 10.6. The second-order valence-electron chi connectivity index (χ2n) is 3.82. The van der Waals surface area contributed by atoms with Crippen LogP contribution in [0, 0.1) is 0 Å². The summed E-state index contributed by atoms with van der Waals surface area (Å²) < 4.78 is 6.36. The first-order chi connectivity index (χ1) is 9.72. The smallest absolute Gasteiger partial charge is 0.157 e. The third kappa shape index (κ3) is 4.17. The van der Waals surface area contributed by atoms with Gasteiger partial charge in [0.05, 0.1) is 0 Å². The minimum Gasteiger partial charge on any atom is -0.374 e. The Morgan fingerprint density at radius 3 is 2.85 bits per heavy atom. The fourth-order valence-corrected chi connectivity index (χ4v) is 2.88. The molecule has 0 saturated heterocycles. The number of hydrogen-bond acceptors (Lipinski definition) is 6. The summed E-state index contributed by atoms with van der Waals surface area (Å²) >= 11 is 5.06. The Labute approximate surface area is 130 Å². The first-order valence-electron chi connectivity index (χ1n) is 6.07. The van der Waals surface area contributed by atoms with E-state index < -0.39 is 0 Å². The summed E-state index contributed by atoms with van der Waals surface area (Å²) in [6, 6.07) is 9.78. The molecule has 0 aliphatic heterocycles. The monoisotopic (exact) mass is 354 g/mol. The third-order valence-corrected chi connectivity index (χ3v) is 4.33. The Kier molecular flexibility index (Phi) is 5.78. The number of nitrogen functional groups attached to an aromatic ring is 1. The summed E-state index contributed by atoms with van der Waals surface area (Å²) in [5.41, 5.74) is 2.55. The molecule has 0 radical (unpaired) electrons. The molecule has 2 rings (SSSR count). The van der Waals surface area contributed by atoms with E-state index in [1.807, 2.05) is 31.2 Å². The third-order valence-electron chi connectivity index (χ3n) is 2.38. The van der Waals surface area contributed by atoms with Crippen LogP contribution in [-0.4, -0.2) is 16.6 Å². The zero-order valence-corrected chi connectivity index (χ0v) is 13.4. The molecule has 3 N–H and O–H groups in total. The Morgan fingerprint density at radius 1 is 1.35 bits per heavy atom. The van der Waals surface area contributed by atoms with Gasteiger partial charge in [-0.05, 0) is 35.0 Å². The van der Waals surface area contributed by atoms with Gasteiger partial charge < -0.3 is 10.2 Å². The standard InChI is InChI=1S/C13H15BrN4OS/c1-2-19-8-12-16-11(18-15)7-13(17-12)20-10-6-4-3-5-9(10)14/h3-7H,2,8,15H2,1H3,(H,16,17,18). The van der Waals surface area contributed by atoms with Gasteiger partial charge in [-0.3, -0.25) is 0 Å². The molecule has 0 unspecified atom stereocenters. The summed E-state index contributed by atoms with van der Waals surface area (Å²) in [7, 11) is 0. The van der Waals surface area contributed by atoms with Gasteiger partial charge in [-0.2, -0.15) is 0 Å². The number of nitrogens with two attached hydrogens (primary N) is 1. The van der Waals surface area contributed by atoms with Crippen molar-refractivity contribution in [3.63, 3.8) is 0 Å². The number of rotatable bonds is 6. The lowest BCUT2D eigenvalue weighted by molar-refractivity contribution is 0.128. The van der Waals surface area contributed by atoms with Gasteiger partial charge in [0.25, 0.3) is 0 Å². The number of ether oxygens (including phenoxy) is 1. The van der Waals surface area contributed by atoms with Crippen LogP contribution < -0.4 is 11.3 Å². The van der Waals surface area contributed by atoms with Crippen molar-refractivity contribution in [3.8, 4) is 0 Å². The molecule has 0 saturated carbocycles. The number of aromatic nitrogens is 2. The van der Waals surface area contributed by atoms with Gasteiger partial charge >= 0.3 is 0 Å². The van der Waals surface area contributed by atoms with E-state index in [2.05, 4.69) is 31.3 Å². The molecule has 5 nitrogen and oxygen atoms in total. The molecular weight excluding hydrogens is 340 g/mol. The summed E-state index contributed by atoms with van der Waals surface area (Å²) in [6.45, 7) is 2.92. The van der Waals surface area contributed by atoms with E-state index in [9.17, 15) is 0 Å². The average molecular weight is 355 g/mol. The molecule has 2 aromatic rings. The lowest BCUT2D eigenvalue weighted by Gasteiger charge is -2.08. The molecule has 0 bridgehead atoms. The Balaban J connectivity index is 2.24. The fraction of sp³-hybridized carbons (Fsp3) is 0.231. The number of anilines is 1. The SMILES string of the molecule is CCOCc1nc(NN)cc(Sc2ccccc2Br)n1. The quantitative estimate of drug-likeness (QED) is 0.471. The van der Waals surface area contributed by atoms with E-state index in [1.165, 1.54) is 0 Å². The van der Waals surface area contributed by atoms with Crippen LogP contribution in [0.1, 0.15) is 12.7 Å². The fourth-order valence-electron chi connectivity index (χ4n) is 1.50. The lowest BCUT2D eigenvalue weighted by Crippen LogP contribution is -2.11. The highest BCUT2D eigenvalue weighted by atomic mass is 79.9. The van der Waals surface area contributed by atoms with Gasteiger partial charge in [0, 0.05) is 22.0 Å². The summed E-state index contributed by atoms with van der Waals surface area (Å²) in [6.07, 6.45) is 0. The average Bonchev–Trinajstić information content (AvgIpc) is 2.47. The van der Waals surface area contributed by atoms with E-state index in [0.29, 0.717) is 24.9 Å². The van der Waals surface area contributed by atoms with Crippen molar-refractivity contribution in [1.29, 1.82) is 0 Å². The highest BCUT2D eigenvalue weighted by molar-refractivity contribution is 9.10. The molecule has 0 aliphatic carbocycles. The van der Waals surface area contributed by atoms with Crippen LogP contribution in [0.5, 0.6) is 0 Å². The second kappa shape index (κ2) is 7.58. The number of halogens is 1. The number of benzene rings is 1. The first kappa shape index (κ1) is 15.2. The maximum atomic E-state index is 5.44. The molecule has 0 aliphatic rings. The summed E-state index contributed by atoms with van der Waals surface area (Å²) in [5.74, 6) is 6.62. The largest absolute Gasteiger partial charge is 0.374 e. The molecule has 7 heteroatoms. The van der Waals surface area contributed by atoms with Crippen LogP contribution in [0.2, 0.25) is 0 Å². The van der Waals surface area contributed by atoms with E-state index in [-0.39, 0.29) is 0 Å². The van der Waals surface area contributed by atoms with Crippen LogP contribution in [0.3, 0.4) is 0 Å². The van der Waals surface area contributed by atoms with Crippen molar-refractivity contribution in [2.75, 3.05) is 12.0 Å². The Bertz CT molecular complexity index is 582. The van der Waals surface area contributed by atoms with Crippen LogP contribution >= 0.6 is 27.7 Å². The van der Waals surface area contributed by atoms with E-state index in [1.54, 1.807) is 17.8 Å². The first-order valence-corrected chi connectivity index (χ1v) is 7.68. The number of hydrogen-bond donors (Lipinski definition) is 2. The van der Waals surface area contributed by atoms with Crippen molar-refractivity contribution in [3.05, 3.63) is 40.6 Å². The van der Waals surface area contributed by atoms with Gasteiger partial charge in [-0.15, -0.1) is 0 Å². The predicted molar refractivity (Wildman–Crippen MR) is 83.4 cm³/mol. The van der Waals surface area contributed by atoms with Crippen molar-refractivity contribution in [2.45, 2.75) is 23.5 Å². The second-order valence-corrected chi connectivity index (χ2v) is 5.74. The zero-order chi connectivity index (χ0) is 14.4.